The Morgan fingerprint density at radius 3 is 2.71 bits per heavy atom. The summed E-state index contributed by atoms with van der Waals surface area (Å²) in [4.78, 5) is 29.1. The zero-order valence-electron chi connectivity index (χ0n) is 12.2. The Bertz CT molecular complexity index is 709. The van der Waals surface area contributed by atoms with E-state index in [-0.39, 0.29) is 18.4 Å². The molecule has 0 aliphatic rings. The van der Waals surface area contributed by atoms with Crippen LogP contribution in [0, 0.1) is 13.8 Å². The van der Waals surface area contributed by atoms with Gasteiger partial charge in [0.15, 0.2) is 0 Å². The number of likely N-dealkylation sites (N-methyl/N-ethyl adjacent to an activating group) is 1. The molecule has 0 fully saturated rings. The van der Waals surface area contributed by atoms with E-state index in [1.165, 1.54) is 11.3 Å². The van der Waals surface area contributed by atoms with Crippen LogP contribution in [0.4, 0.5) is 5.69 Å². The highest BCUT2D eigenvalue weighted by Gasteiger charge is 2.19. The molecule has 2 rings (SSSR count). The molecule has 7 heteroatoms. The highest BCUT2D eigenvalue weighted by Crippen LogP contribution is 2.34. The lowest BCUT2D eigenvalue weighted by molar-refractivity contribution is -0.120. The molecule has 0 unspecified atom stereocenters. The van der Waals surface area contributed by atoms with Crippen LogP contribution in [0.5, 0.6) is 0 Å². The van der Waals surface area contributed by atoms with Gasteiger partial charge in [0.05, 0.1) is 12.2 Å². The smallest absolute Gasteiger partial charge is 0.264 e. The number of hydrogen-bond acceptors (Lipinski definition) is 5. The molecule has 0 spiro atoms. The predicted molar refractivity (Wildman–Crippen MR) is 84.5 cm³/mol. The first-order valence-corrected chi connectivity index (χ1v) is 7.46. The molecular formula is C14H18N4O2S. The zero-order chi connectivity index (χ0) is 15.6. The molecule has 0 saturated carbocycles. The minimum absolute atomic E-state index is 0.0637. The number of aryl methyl sites for hydroxylation is 2. The van der Waals surface area contributed by atoms with Crippen molar-refractivity contribution in [1.82, 2.24) is 15.6 Å². The number of carbonyl (C=O) groups is 2. The van der Waals surface area contributed by atoms with E-state index in [0.717, 1.165) is 21.5 Å². The lowest BCUT2D eigenvalue weighted by Gasteiger charge is -2.04. The van der Waals surface area contributed by atoms with Gasteiger partial charge in [-0.2, -0.15) is 0 Å². The molecule has 0 saturated heterocycles. The molecule has 2 aromatic rings. The van der Waals surface area contributed by atoms with Crippen LogP contribution >= 0.6 is 11.3 Å². The number of anilines is 1. The van der Waals surface area contributed by atoms with Gasteiger partial charge in [-0.15, -0.1) is 11.3 Å². The summed E-state index contributed by atoms with van der Waals surface area (Å²) in [5.74, 6) is -0.575. The first kappa shape index (κ1) is 15.2. The number of nitrogen functional groups attached to an aromatic ring is 1. The molecule has 21 heavy (non-hydrogen) atoms. The second kappa shape index (κ2) is 6.09. The minimum Gasteiger partial charge on any atom is -0.397 e. The highest BCUT2D eigenvalue weighted by molar-refractivity contribution is 7.21. The predicted octanol–water partition coefficient (Wildman–Crippen LogP) is 1.36. The third kappa shape index (κ3) is 3.13. The van der Waals surface area contributed by atoms with Gasteiger partial charge in [-0.25, -0.2) is 4.98 Å². The maximum atomic E-state index is 12.2. The van der Waals surface area contributed by atoms with Crippen molar-refractivity contribution in [3.05, 3.63) is 22.2 Å². The summed E-state index contributed by atoms with van der Waals surface area (Å²) in [5, 5.41) is 6.00. The largest absolute Gasteiger partial charge is 0.397 e. The quantitative estimate of drug-likeness (QED) is 0.794. The summed E-state index contributed by atoms with van der Waals surface area (Å²) in [6, 6.07) is 1.93. The second-order valence-corrected chi connectivity index (χ2v) is 5.74. The third-order valence-corrected chi connectivity index (χ3v) is 4.11. The van der Waals surface area contributed by atoms with Crippen molar-refractivity contribution >= 4 is 39.1 Å². The molecule has 2 amide bonds. The standard InChI is InChI=1S/C14H18N4O2S/c1-4-16-9(19)6-17-13(20)12-11(15)10-7(2)5-8(3)18-14(10)21-12/h5H,4,6,15H2,1-3H3,(H,16,19)(H,17,20). The Morgan fingerprint density at radius 2 is 2.05 bits per heavy atom. The number of nitrogens with one attached hydrogen (secondary N) is 2. The molecule has 112 valence electrons. The number of aromatic nitrogens is 1. The Hall–Kier alpha value is -2.15. The van der Waals surface area contributed by atoms with Crippen molar-refractivity contribution in [2.75, 3.05) is 18.8 Å². The number of nitrogens with zero attached hydrogens (tertiary/aromatic N) is 1. The number of rotatable bonds is 4. The van der Waals surface area contributed by atoms with Crippen molar-refractivity contribution in [3.8, 4) is 0 Å². The Morgan fingerprint density at radius 1 is 1.33 bits per heavy atom. The van der Waals surface area contributed by atoms with E-state index in [1.54, 1.807) is 0 Å². The summed E-state index contributed by atoms with van der Waals surface area (Å²) in [7, 11) is 0. The van der Waals surface area contributed by atoms with Crippen molar-refractivity contribution in [3.63, 3.8) is 0 Å². The van der Waals surface area contributed by atoms with Crippen molar-refractivity contribution in [2.45, 2.75) is 20.8 Å². The molecule has 0 aliphatic heterocycles. The summed E-state index contributed by atoms with van der Waals surface area (Å²) in [6.07, 6.45) is 0. The number of carbonyl (C=O) groups excluding carboxylic acids is 2. The number of thiophene rings is 1. The first-order valence-electron chi connectivity index (χ1n) is 6.65. The van der Waals surface area contributed by atoms with Crippen molar-refractivity contribution in [2.24, 2.45) is 0 Å². The highest BCUT2D eigenvalue weighted by atomic mass is 32.1. The van der Waals surface area contributed by atoms with Gasteiger partial charge in [0.1, 0.15) is 9.71 Å². The van der Waals surface area contributed by atoms with Gasteiger partial charge in [0, 0.05) is 17.6 Å². The molecule has 0 bridgehead atoms. The molecule has 0 aromatic carbocycles. The molecular weight excluding hydrogens is 288 g/mol. The Kier molecular flexibility index (Phi) is 4.42. The monoisotopic (exact) mass is 306 g/mol. The Balaban J connectivity index is 2.26. The molecule has 4 N–H and O–H groups in total. The second-order valence-electron chi connectivity index (χ2n) is 4.74. The molecule has 2 aromatic heterocycles. The van der Waals surface area contributed by atoms with Gasteiger partial charge in [-0.3, -0.25) is 9.59 Å². The summed E-state index contributed by atoms with van der Waals surface area (Å²) >= 11 is 1.25. The van der Waals surface area contributed by atoms with Crippen LogP contribution in [0.25, 0.3) is 10.2 Å². The molecule has 0 atom stereocenters. The molecule has 0 aliphatic carbocycles. The van der Waals surface area contributed by atoms with Crippen LogP contribution in [0.15, 0.2) is 6.07 Å². The topological polar surface area (TPSA) is 97.1 Å². The van der Waals surface area contributed by atoms with E-state index in [0.29, 0.717) is 17.1 Å². The summed E-state index contributed by atoms with van der Waals surface area (Å²) in [6.45, 7) is 6.13. The zero-order valence-corrected chi connectivity index (χ0v) is 13.1. The van der Waals surface area contributed by atoms with E-state index in [4.69, 9.17) is 5.73 Å². The fourth-order valence-corrected chi connectivity index (χ4v) is 3.27. The normalized spacial score (nSPS) is 10.6. The fraction of sp³-hybridized carbons (Fsp3) is 0.357. The number of nitrogens with two attached hydrogens (primary N) is 1. The van der Waals surface area contributed by atoms with Crippen LogP contribution in [0.3, 0.4) is 0 Å². The van der Waals surface area contributed by atoms with Crippen LogP contribution in [0.1, 0.15) is 27.9 Å². The van der Waals surface area contributed by atoms with E-state index in [1.807, 2.05) is 26.8 Å². The van der Waals surface area contributed by atoms with E-state index < -0.39 is 0 Å². The van der Waals surface area contributed by atoms with Gasteiger partial charge < -0.3 is 16.4 Å². The van der Waals surface area contributed by atoms with Gasteiger partial charge in [-0.05, 0) is 32.4 Å². The van der Waals surface area contributed by atoms with Crippen LogP contribution in [0.2, 0.25) is 0 Å². The van der Waals surface area contributed by atoms with Crippen molar-refractivity contribution < 1.29 is 9.59 Å². The first-order chi connectivity index (χ1) is 9.93. The SMILES string of the molecule is CCNC(=O)CNC(=O)c1sc2nc(C)cc(C)c2c1N. The van der Waals surface area contributed by atoms with Crippen LogP contribution in [-0.2, 0) is 4.79 Å². The Labute approximate surface area is 126 Å². The summed E-state index contributed by atoms with van der Waals surface area (Å²) < 4.78 is 0. The van der Waals surface area contributed by atoms with E-state index in [2.05, 4.69) is 15.6 Å². The maximum Gasteiger partial charge on any atom is 0.264 e. The van der Waals surface area contributed by atoms with E-state index >= 15 is 0 Å². The third-order valence-electron chi connectivity index (χ3n) is 3.01. The summed E-state index contributed by atoms with van der Waals surface area (Å²) in [5.41, 5.74) is 8.37. The number of fused-ring (bicyclic) bond motifs is 1. The van der Waals surface area contributed by atoms with Gasteiger partial charge in [-0.1, -0.05) is 0 Å². The fourth-order valence-electron chi connectivity index (χ4n) is 2.14. The molecule has 2 heterocycles. The average Bonchev–Trinajstić information content (AvgIpc) is 2.73. The number of pyridine rings is 1. The number of hydrogen-bond donors (Lipinski definition) is 3. The lowest BCUT2D eigenvalue weighted by Crippen LogP contribution is -2.36. The van der Waals surface area contributed by atoms with Gasteiger partial charge >= 0.3 is 0 Å². The van der Waals surface area contributed by atoms with Crippen LogP contribution < -0.4 is 16.4 Å². The van der Waals surface area contributed by atoms with Crippen LogP contribution in [-0.4, -0.2) is 29.9 Å². The van der Waals surface area contributed by atoms with E-state index in [9.17, 15) is 9.59 Å². The van der Waals surface area contributed by atoms with Gasteiger partial charge in [0.25, 0.3) is 5.91 Å². The minimum atomic E-state index is -0.348. The number of amides is 2. The molecule has 6 nitrogen and oxygen atoms in total. The average molecular weight is 306 g/mol. The lowest BCUT2D eigenvalue weighted by atomic mass is 10.1. The maximum absolute atomic E-state index is 12.2. The van der Waals surface area contributed by atoms with Crippen molar-refractivity contribution in [1.29, 1.82) is 0 Å². The van der Waals surface area contributed by atoms with Gasteiger partial charge in [0.2, 0.25) is 5.91 Å². The molecule has 0 radical (unpaired) electrons.